The molecule has 0 bridgehead atoms. The van der Waals surface area contributed by atoms with Gasteiger partial charge in [0.2, 0.25) is 0 Å². The van der Waals surface area contributed by atoms with Crippen LogP contribution in [0.4, 0.5) is 5.82 Å². The molecule has 132 valence electrons. The highest BCUT2D eigenvalue weighted by Gasteiger charge is 2.44. The van der Waals surface area contributed by atoms with Gasteiger partial charge in [-0.1, -0.05) is 0 Å². The Labute approximate surface area is 137 Å². The second-order valence-corrected chi connectivity index (χ2v) is 5.39. The quantitative estimate of drug-likeness (QED) is 0.277. The van der Waals surface area contributed by atoms with Gasteiger partial charge < -0.3 is 30.8 Å². The minimum atomic E-state index is -1.11. The zero-order valence-corrected chi connectivity index (χ0v) is 13.2. The van der Waals surface area contributed by atoms with Crippen LogP contribution in [0, 0.1) is 0 Å². The zero-order valence-electron chi connectivity index (χ0n) is 13.2. The molecule has 11 nitrogen and oxygen atoms in total. The number of nitrogens with one attached hydrogen (secondary N) is 2. The number of aliphatic hydroxyl groups is 2. The van der Waals surface area contributed by atoms with Crippen LogP contribution < -0.4 is 16.5 Å². The molecule has 0 radical (unpaired) electrons. The van der Waals surface area contributed by atoms with Crippen LogP contribution in [0.25, 0.3) is 11.2 Å². The van der Waals surface area contributed by atoms with E-state index in [1.807, 2.05) is 0 Å². The summed E-state index contributed by atoms with van der Waals surface area (Å²) >= 11 is 0. The van der Waals surface area contributed by atoms with E-state index in [1.165, 1.54) is 12.7 Å². The average Bonchev–Trinajstić information content (AvgIpc) is 3.12. The minimum absolute atomic E-state index is 0.245. The zero-order chi connectivity index (χ0) is 17.1. The molecule has 0 saturated carbocycles. The smallest absolute Gasteiger partial charge is 0.167 e. The molecule has 2 aromatic rings. The van der Waals surface area contributed by atoms with Gasteiger partial charge in [-0.25, -0.2) is 20.4 Å². The van der Waals surface area contributed by atoms with Gasteiger partial charge in [0.25, 0.3) is 0 Å². The Hall–Kier alpha value is -1.89. The normalized spacial score (nSPS) is 27.1. The van der Waals surface area contributed by atoms with E-state index >= 15 is 0 Å². The highest BCUT2D eigenvalue weighted by Crippen LogP contribution is 2.31. The van der Waals surface area contributed by atoms with Crippen LogP contribution in [0.5, 0.6) is 0 Å². The Bertz CT molecular complexity index is 681. The molecule has 6 N–H and O–H groups in total. The third-order valence-corrected chi connectivity index (χ3v) is 3.87. The molecule has 3 rings (SSSR count). The summed E-state index contributed by atoms with van der Waals surface area (Å²) in [6, 6.07) is 0. The van der Waals surface area contributed by atoms with Gasteiger partial charge in [-0.2, -0.15) is 0 Å². The Morgan fingerprint density at radius 3 is 2.96 bits per heavy atom. The Morgan fingerprint density at radius 2 is 2.17 bits per heavy atom. The number of anilines is 1. The fourth-order valence-corrected chi connectivity index (χ4v) is 2.65. The first-order chi connectivity index (χ1) is 11.6. The number of aromatic nitrogens is 4. The summed E-state index contributed by atoms with van der Waals surface area (Å²) in [5, 5.41) is 23.6. The van der Waals surface area contributed by atoms with Gasteiger partial charge in [0.15, 0.2) is 17.7 Å². The Kier molecular flexibility index (Phi) is 5.18. The third-order valence-electron chi connectivity index (χ3n) is 3.87. The van der Waals surface area contributed by atoms with Crippen LogP contribution in [0.1, 0.15) is 6.23 Å². The van der Waals surface area contributed by atoms with Crippen molar-refractivity contribution in [3.63, 3.8) is 0 Å². The lowest BCUT2D eigenvalue weighted by molar-refractivity contribution is -0.0347. The summed E-state index contributed by atoms with van der Waals surface area (Å²) < 4.78 is 7.33. The molecular weight excluding hydrogens is 318 g/mol. The first kappa shape index (κ1) is 17.0. The van der Waals surface area contributed by atoms with E-state index in [2.05, 4.69) is 25.7 Å². The number of imidazole rings is 1. The number of nitrogens with zero attached hydrogens (tertiary/aromatic N) is 4. The Morgan fingerprint density at radius 1 is 1.33 bits per heavy atom. The average molecular weight is 339 g/mol. The minimum Gasteiger partial charge on any atom is -0.387 e. The Balaban J connectivity index is 1.69. The molecule has 0 unspecified atom stereocenters. The molecule has 3 heterocycles. The fraction of sp³-hybridized carbons (Fsp3) is 0.615. The fourth-order valence-electron chi connectivity index (χ4n) is 2.65. The highest BCUT2D eigenvalue weighted by molar-refractivity contribution is 5.81. The van der Waals surface area contributed by atoms with Gasteiger partial charge in [0.1, 0.15) is 30.2 Å². The van der Waals surface area contributed by atoms with E-state index in [1.54, 1.807) is 11.6 Å². The number of nitrogen functional groups attached to an aromatic ring is 1. The molecule has 1 aliphatic rings. The molecule has 1 aliphatic heterocycles. The molecule has 24 heavy (non-hydrogen) atoms. The van der Waals surface area contributed by atoms with Gasteiger partial charge >= 0.3 is 0 Å². The van der Waals surface area contributed by atoms with Crippen LogP contribution in [0.2, 0.25) is 0 Å². The lowest BCUT2D eigenvalue weighted by atomic mass is 10.1. The van der Waals surface area contributed by atoms with Crippen LogP contribution in [-0.2, 0) is 9.57 Å². The maximum absolute atomic E-state index is 10.3. The van der Waals surface area contributed by atoms with Crippen LogP contribution >= 0.6 is 0 Å². The summed E-state index contributed by atoms with van der Waals surface area (Å²) in [5.41, 5.74) is 9.19. The van der Waals surface area contributed by atoms with E-state index in [4.69, 9.17) is 15.3 Å². The van der Waals surface area contributed by atoms with Crippen molar-refractivity contribution in [2.75, 3.05) is 32.5 Å². The lowest BCUT2D eigenvalue weighted by Gasteiger charge is -2.16. The summed E-state index contributed by atoms with van der Waals surface area (Å²) in [6.07, 6.45) is -0.749. The first-order valence-electron chi connectivity index (χ1n) is 7.57. The largest absolute Gasteiger partial charge is 0.387 e. The van der Waals surface area contributed by atoms with E-state index in [-0.39, 0.29) is 5.82 Å². The van der Waals surface area contributed by atoms with Crippen LogP contribution in [0.15, 0.2) is 12.7 Å². The van der Waals surface area contributed by atoms with E-state index < -0.39 is 24.5 Å². The number of ether oxygens (including phenoxy) is 1. The summed E-state index contributed by atoms with van der Waals surface area (Å²) in [4.78, 5) is 17.1. The SMILES string of the molecule is CNOCCNC[C@H]1O[C@@H](n2cnc3c(N)ncnc32)[C@H](O)[C@@H]1O. The van der Waals surface area contributed by atoms with Crippen molar-refractivity contribution in [2.45, 2.75) is 24.5 Å². The van der Waals surface area contributed by atoms with E-state index in [9.17, 15) is 10.2 Å². The highest BCUT2D eigenvalue weighted by atomic mass is 16.6. The van der Waals surface area contributed by atoms with Gasteiger partial charge in [0.05, 0.1) is 12.9 Å². The van der Waals surface area contributed by atoms with Crippen molar-refractivity contribution in [1.82, 2.24) is 30.3 Å². The maximum atomic E-state index is 10.3. The lowest BCUT2D eigenvalue weighted by Crippen LogP contribution is -2.38. The third kappa shape index (κ3) is 3.17. The topological polar surface area (TPSA) is 153 Å². The summed E-state index contributed by atoms with van der Waals surface area (Å²) in [6.45, 7) is 1.41. The van der Waals surface area contributed by atoms with Crippen molar-refractivity contribution in [3.8, 4) is 0 Å². The van der Waals surface area contributed by atoms with Crippen molar-refractivity contribution in [3.05, 3.63) is 12.7 Å². The van der Waals surface area contributed by atoms with Gasteiger partial charge in [-0.05, 0) is 0 Å². The second kappa shape index (κ2) is 7.34. The van der Waals surface area contributed by atoms with Crippen LogP contribution in [-0.4, -0.2) is 74.8 Å². The first-order valence-corrected chi connectivity index (χ1v) is 7.57. The maximum Gasteiger partial charge on any atom is 0.167 e. The summed E-state index contributed by atoms with van der Waals surface area (Å²) in [5.74, 6) is 0.245. The van der Waals surface area contributed by atoms with Crippen molar-refractivity contribution < 1.29 is 19.8 Å². The predicted octanol–water partition coefficient (Wildman–Crippen LogP) is -2.23. The molecule has 1 fully saturated rings. The number of hydrogen-bond donors (Lipinski definition) is 5. The molecule has 0 spiro atoms. The number of fused-ring (bicyclic) bond motifs is 1. The number of aliphatic hydroxyl groups excluding tert-OH is 2. The molecule has 4 atom stereocenters. The summed E-state index contributed by atoms with van der Waals surface area (Å²) in [7, 11) is 1.68. The van der Waals surface area contributed by atoms with Gasteiger partial charge in [-0.15, -0.1) is 0 Å². The number of rotatable bonds is 7. The number of hydrogen-bond acceptors (Lipinski definition) is 10. The molecule has 0 aliphatic carbocycles. The van der Waals surface area contributed by atoms with Gasteiger partial charge in [0, 0.05) is 20.1 Å². The second-order valence-electron chi connectivity index (χ2n) is 5.39. The number of nitrogens with two attached hydrogens (primary N) is 1. The molecule has 2 aromatic heterocycles. The van der Waals surface area contributed by atoms with Gasteiger partial charge in [-0.3, -0.25) is 4.57 Å². The molecule has 11 heteroatoms. The molecule has 0 aromatic carbocycles. The molecular formula is C13H21N7O4. The van der Waals surface area contributed by atoms with Crippen molar-refractivity contribution >= 4 is 17.0 Å². The monoisotopic (exact) mass is 339 g/mol. The number of hydroxylamine groups is 1. The predicted molar refractivity (Wildman–Crippen MR) is 83.5 cm³/mol. The van der Waals surface area contributed by atoms with Crippen molar-refractivity contribution in [2.24, 2.45) is 0 Å². The van der Waals surface area contributed by atoms with E-state index in [0.717, 1.165) is 0 Å². The van der Waals surface area contributed by atoms with Crippen molar-refractivity contribution in [1.29, 1.82) is 0 Å². The van der Waals surface area contributed by atoms with Crippen LogP contribution in [0.3, 0.4) is 0 Å². The molecule has 0 amide bonds. The van der Waals surface area contributed by atoms with E-state index in [0.29, 0.717) is 30.9 Å². The standard InChI is InChI=1S/C13H21N7O4/c1-15-23-3-2-16-4-7-9(21)10(22)13(24-7)20-6-19-8-11(14)17-5-18-12(8)20/h5-7,9-10,13,15-16,21-22H,2-4H2,1H3,(H2,14,17,18)/t7-,9-,10-,13-/m1/s1. The molecule has 1 saturated heterocycles.